The van der Waals surface area contributed by atoms with Crippen LogP contribution >= 0.6 is 15.9 Å². The summed E-state index contributed by atoms with van der Waals surface area (Å²) in [7, 11) is 0. The molecule has 0 atom stereocenters. The van der Waals surface area contributed by atoms with E-state index in [4.69, 9.17) is 4.52 Å². The van der Waals surface area contributed by atoms with E-state index in [9.17, 15) is 5.11 Å². The molecule has 0 amide bonds. The van der Waals surface area contributed by atoms with Crippen LogP contribution in [0, 0.1) is 0 Å². The van der Waals surface area contributed by atoms with Crippen molar-refractivity contribution in [1.82, 2.24) is 15.1 Å². The van der Waals surface area contributed by atoms with E-state index in [-0.39, 0.29) is 12.0 Å². The summed E-state index contributed by atoms with van der Waals surface area (Å²) in [5, 5.41) is 14.4. The minimum absolute atomic E-state index is 0.167. The van der Waals surface area contributed by atoms with E-state index < -0.39 is 0 Å². The second-order valence-electron chi connectivity index (χ2n) is 5.29. The molecule has 1 saturated carbocycles. The summed E-state index contributed by atoms with van der Waals surface area (Å²) in [4.78, 5) is 9.02. The molecule has 0 aliphatic heterocycles. The number of aromatic nitrogens is 3. The van der Waals surface area contributed by atoms with Crippen molar-refractivity contribution in [3.63, 3.8) is 0 Å². The van der Waals surface area contributed by atoms with Gasteiger partial charge in [0.25, 0.3) is 0 Å². The highest BCUT2D eigenvalue weighted by atomic mass is 79.9. The molecule has 1 aromatic carbocycles. The molecule has 21 heavy (non-hydrogen) atoms. The van der Waals surface area contributed by atoms with E-state index in [1.54, 1.807) is 0 Å². The minimum atomic E-state index is -0.240. The maximum absolute atomic E-state index is 9.36. The largest absolute Gasteiger partial charge is 0.393 e. The Morgan fingerprint density at radius 2 is 2.00 bits per heavy atom. The Kier molecular flexibility index (Phi) is 3.01. The van der Waals surface area contributed by atoms with Crippen LogP contribution in [0.2, 0.25) is 0 Å². The van der Waals surface area contributed by atoms with E-state index in [0.717, 1.165) is 15.4 Å². The first kappa shape index (κ1) is 12.9. The highest BCUT2D eigenvalue weighted by molar-refractivity contribution is 9.10. The predicted molar refractivity (Wildman–Crippen MR) is 80.7 cm³/mol. The molecule has 0 saturated heterocycles. The molecule has 1 aliphatic carbocycles. The van der Waals surface area contributed by atoms with E-state index in [2.05, 4.69) is 31.1 Å². The topological polar surface area (TPSA) is 72.0 Å². The first-order valence-electron chi connectivity index (χ1n) is 6.78. The normalized spacial score (nSPS) is 21.4. The van der Waals surface area contributed by atoms with Gasteiger partial charge in [0.15, 0.2) is 0 Å². The summed E-state index contributed by atoms with van der Waals surface area (Å²) in [6, 6.07) is 9.89. The Labute approximate surface area is 129 Å². The maximum Gasteiger partial charge on any atom is 0.230 e. The molecule has 2 heterocycles. The Balaban J connectivity index is 1.74. The summed E-state index contributed by atoms with van der Waals surface area (Å²) in [6.07, 6.45) is 1.14. The number of para-hydroxylation sites is 1. The average molecular weight is 346 g/mol. The second kappa shape index (κ2) is 4.89. The number of hydrogen-bond acceptors (Lipinski definition) is 5. The van der Waals surface area contributed by atoms with Gasteiger partial charge in [0.2, 0.25) is 11.7 Å². The van der Waals surface area contributed by atoms with Gasteiger partial charge in [0.1, 0.15) is 5.69 Å². The molecule has 1 fully saturated rings. The third-order valence-corrected chi connectivity index (χ3v) is 4.40. The van der Waals surface area contributed by atoms with Crippen molar-refractivity contribution in [2.45, 2.75) is 24.9 Å². The highest BCUT2D eigenvalue weighted by Crippen LogP contribution is 2.37. The quantitative estimate of drug-likeness (QED) is 0.771. The van der Waals surface area contributed by atoms with Gasteiger partial charge in [0, 0.05) is 15.8 Å². The number of rotatable bonds is 2. The standard InChI is InChI=1S/C15H12BrN3O2/c16-11-7-8-3-1-2-4-12(8)17-13(11)14-18-15(21-19-14)9-5-10(20)6-9/h1-4,7,9-10,20H,5-6H2. The van der Waals surface area contributed by atoms with Crippen LogP contribution in [0.25, 0.3) is 22.4 Å². The zero-order valence-electron chi connectivity index (χ0n) is 11.0. The highest BCUT2D eigenvalue weighted by Gasteiger charge is 2.33. The fourth-order valence-corrected chi connectivity index (χ4v) is 3.05. The number of aliphatic hydroxyl groups excluding tert-OH is 1. The summed E-state index contributed by atoms with van der Waals surface area (Å²) in [5.74, 6) is 1.22. The summed E-state index contributed by atoms with van der Waals surface area (Å²) in [6.45, 7) is 0. The van der Waals surface area contributed by atoms with Crippen LogP contribution in [0.1, 0.15) is 24.7 Å². The molecule has 6 heteroatoms. The molecule has 106 valence electrons. The lowest BCUT2D eigenvalue weighted by Gasteiger charge is -2.27. The number of aliphatic hydroxyl groups is 1. The van der Waals surface area contributed by atoms with Crippen molar-refractivity contribution in [3.8, 4) is 11.5 Å². The number of benzene rings is 1. The summed E-state index contributed by atoms with van der Waals surface area (Å²) < 4.78 is 6.14. The van der Waals surface area contributed by atoms with Crippen molar-refractivity contribution >= 4 is 26.8 Å². The van der Waals surface area contributed by atoms with Gasteiger partial charge >= 0.3 is 0 Å². The van der Waals surface area contributed by atoms with Crippen molar-refractivity contribution in [2.24, 2.45) is 0 Å². The van der Waals surface area contributed by atoms with Gasteiger partial charge in [-0.05, 0) is 40.9 Å². The summed E-state index contributed by atoms with van der Waals surface area (Å²) in [5.41, 5.74) is 1.56. The van der Waals surface area contributed by atoms with Crippen molar-refractivity contribution in [2.75, 3.05) is 0 Å². The fourth-order valence-electron chi connectivity index (χ4n) is 2.53. The predicted octanol–water partition coefficient (Wildman–Crippen LogP) is 3.29. The molecule has 0 bridgehead atoms. The maximum atomic E-state index is 9.36. The smallest absolute Gasteiger partial charge is 0.230 e. The molecule has 4 rings (SSSR count). The van der Waals surface area contributed by atoms with Gasteiger partial charge in [0.05, 0.1) is 11.6 Å². The second-order valence-corrected chi connectivity index (χ2v) is 6.14. The lowest BCUT2D eigenvalue weighted by Crippen LogP contribution is -2.26. The van der Waals surface area contributed by atoms with Crippen LogP contribution in [-0.2, 0) is 0 Å². The number of pyridine rings is 1. The van der Waals surface area contributed by atoms with Gasteiger partial charge in [-0.3, -0.25) is 0 Å². The number of hydrogen-bond donors (Lipinski definition) is 1. The van der Waals surface area contributed by atoms with Crippen LogP contribution in [0.3, 0.4) is 0 Å². The van der Waals surface area contributed by atoms with Crippen molar-refractivity contribution in [1.29, 1.82) is 0 Å². The molecule has 3 aromatic rings. The zero-order valence-corrected chi connectivity index (χ0v) is 12.6. The van der Waals surface area contributed by atoms with E-state index >= 15 is 0 Å². The molecule has 2 aromatic heterocycles. The lowest BCUT2D eigenvalue weighted by molar-refractivity contribution is 0.0625. The molecule has 5 nitrogen and oxygen atoms in total. The molecule has 1 N–H and O–H groups in total. The summed E-state index contributed by atoms with van der Waals surface area (Å²) >= 11 is 3.52. The van der Waals surface area contributed by atoms with Crippen LogP contribution in [0.15, 0.2) is 39.3 Å². The molecular weight excluding hydrogens is 334 g/mol. The molecule has 1 aliphatic rings. The first-order chi connectivity index (χ1) is 10.2. The first-order valence-corrected chi connectivity index (χ1v) is 7.57. The number of fused-ring (bicyclic) bond motifs is 1. The molecule has 0 spiro atoms. The van der Waals surface area contributed by atoms with Crippen molar-refractivity contribution < 1.29 is 9.63 Å². The number of halogens is 1. The van der Waals surface area contributed by atoms with Crippen LogP contribution in [0.4, 0.5) is 0 Å². The van der Waals surface area contributed by atoms with Gasteiger partial charge < -0.3 is 9.63 Å². The van der Waals surface area contributed by atoms with Crippen molar-refractivity contribution in [3.05, 3.63) is 40.7 Å². The Morgan fingerprint density at radius 1 is 1.19 bits per heavy atom. The van der Waals surface area contributed by atoms with Gasteiger partial charge in [-0.2, -0.15) is 4.98 Å². The van der Waals surface area contributed by atoms with Crippen LogP contribution < -0.4 is 0 Å². The lowest BCUT2D eigenvalue weighted by atomic mass is 9.82. The van der Waals surface area contributed by atoms with Crippen LogP contribution in [-0.4, -0.2) is 26.3 Å². The monoisotopic (exact) mass is 345 g/mol. The Bertz CT molecular complexity index is 812. The molecule has 0 unspecified atom stereocenters. The van der Waals surface area contributed by atoms with Gasteiger partial charge in [-0.25, -0.2) is 4.98 Å². The average Bonchev–Trinajstić information content (AvgIpc) is 2.92. The minimum Gasteiger partial charge on any atom is -0.393 e. The Hall–Kier alpha value is -1.79. The SMILES string of the molecule is OC1CC(c2nc(-c3nc4ccccc4cc3Br)no2)C1. The molecular formula is C15H12BrN3O2. The van der Waals surface area contributed by atoms with E-state index in [1.807, 2.05) is 30.3 Å². The van der Waals surface area contributed by atoms with Gasteiger partial charge in [-0.1, -0.05) is 23.4 Å². The fraction of sp³-hybridized carbons (Fsp3) is 0.267. The van der Waals surface area contributed by atoms with Gasteiger partial charge in [-0.15, -0.1) is 0 Å². The third kappa shape index (κ3) is 2.24. The zero-order chi connectivity index (χ0) is 14.4. The van der Waals surface area contributed by atoms with Crippen LogP contribution in [0.5, 0.6) is 0 Å². The third-order valence-electron chi connectivity index (χ3n) is 3.79. The van der Waals surface area contributed by atoms with E-state index in [1.165, 1.54) is 0 Å². The number of nitrogens with zero attached hydrogens (tertiary/aromatic N) is 3. The van der Waals surface area contributed by atoms with E-state index in [0.29, 0.717) is 30.3 Å². The Morgan fingerprint density at radius 3 is 2.81 bits per heavy atom. The molecule has 0 radical (unpaired) electrons.